The monoisotopic (exact) mass is 542 g/mol. The number of nitrogens with one attached hydrogen (secondary N) is 3. The first-order valence-corrected chi connectivity index (χ1v) is 10.9. The first kappa shape index (κ1) is 25.2. The van der Waals surface area contributed by atoms with E-state index < -0.39 is 5.54 Å². The molecule has 2 atom stereocenters. The number of hydrogen-bond acceptors (Lipinski definition) is 4. The minimum Gasteiger partial charge on any atom is -0.369 e. The number of aliphatic imine (C=N–C) groups is 1. The number of amides is 3. The van der Waals surface area contributed by atoms with E-state index in [1.165, 1.54) is 10.6 Å². The van der Waals surface area contributed by atoms with Crippen molar-refractivity contribution in [2.75, 3.05) is 38.1 Å². The van der Waals surface area contributed by atoms with Gasteiger partial charge in [0.1, 0.15) is 5.54 Å². The maximum atomic E-state index is 12.4. The van der Waals surface area contributed by atoms with Gasteiger partial charge in [0.25, 0.3) is 5.91 Å². The maximum Gasteiger partial charge on any atom is 0.325 e. The van der Waals surface area contributed by atoms with Gasteiger partial charge in [-0.25, -0.2) is 4.79 Å². The van der Waals surface area contributed by atoms with Crippen molar-refractivity contribution in [1.82, 2.24) is 20.9 Å². The first-order chi connectivity index (χ1) is 14.5. The van der Waals surface area contributed by atoms with Gasteiger partial charge in [-0.15, -0.1) is 24.0 Å². The molecule has 0 aliphatic carbocycles. The molecular weight excluding hydrogens is 507 g/mol. The summed E-state index contributed by atoms with van der Waals surface area (Å²) in [6, 6.07) is 10.5. The van der Waals surface area contributed by atoms with E-state index in [0.29, 0.717) is 32.0 Å². The highest BCUT2D eigenvalue weighted by molar-refractivity contribution is 14.0. The van der Waals surface area contributed by atoms with Crippen LogP contribution >= 0.6 is 24.0 Å². The second-order valence-electron chi connectivity index (χ2n) is 8.19. The molecule has 0 spiro atoms. The fraction of sp³-hybridized carbons (Fsp3) is 0.591. The third kappa shape index (κ3) is 6.24. The van der Waals surface area contributed by atoms with Crippen LogP contribution in [0, 0.1) is 0 Å². The second-order valence-corrected chi connectivity index (χ2v) is 8.19. The molecule has 2 saturated heterocycles. The fourth-order valence-electron chi connectivity index (χ4n) is 3.99. The molecule has 3 rings (SSSR count). The number of carbonyl (C=O) groups excluding carboxylic acids is 2. The number of para-hydroxylation sites is 1. The van der Waals surface area contributed by atoms with Crippen molar-refractivity contribution < 1.29 is 9.59 Å². The van der Waals surface area contributed by atoms with Gasteiger partial charge in [0.05, 0.1) is 0 Å². The predicted molar refractivity (Wildman–Crippen MR) is 135 cm³/mol. The van der Waals surface area contributed by atoms with Gasteiger partial charge in [0, 0.05) is 45.0 Å². The van der Waals surface area contributed by atoms with Crippen molar-refractivity contribution in [3.05, 3.63) is 30.3 Å². The zero-order valence-corrected chi connectivity index (χ0v) is 21.0. The average Bonchev–Trinajstić information content (AvgIpc) is 2.99. The van der Waals surface area contributed by atoms with Gasteiger partial charge in [-0.1, -0.05) is 25.1 Å². The Bertz CT molecular complexity index is 775. The molecule has 31 heavy (non-hydrogen) atoms. The highest BCUT2D eigenvalue weighted by atomic mass is 127. The molecule has 172 valence electrons. The molecule has 1 aromatic carbocycles. The van der Waals surface area contributed by atoms with Crippen LogP contribution in [0.25, 0.3) is 0 Å². The summed E-state index contributed by atoms with van der Waals surface area (Å²) in [6.45, 7) is 6.72. The Kier molecular flexibility index (Phi) is 9.39. The quantitative estimate of drug-likeness (QED) is 0.162. The molecule has 9 heteroatoms. The molecule has 2 unspecified atom stereocenters. The van der Waals surface area contributed by atoms with Crippen LogP contribution in [0.2, 0.25) is 0 Å². The number of benzene rings is 1. The molecular formula is C22H35IN6O2. The van der Waals surface area contributed by atoms with Gasteiger partial charge < -0.3 is 20.9 Å². The van der Waals surface area contributed by atoms with Crippen LogP contribution in [0.4, 0.5) is 10.5 Å². The Hall–Kier alpha value is -2.04. The maximum absolute atomic E-state index is 12.4. The minimum atomic E-state index is -0.770. The van der Waals surface area contributed by atoms with Gasteiger partial charge in [-0.3, -0.25) is 14.7 Å². The number of carbonyl (C=O) groups is 2. The molecule has 1 aromatic rings. The Morgan fingerprint density at radius 3 is 2.68 bits per heavy atom. The number of urea groups is 1. The minimum absolute atomic E-state index is 0. The average molecular weight is 542 g/mol. The normalized spacial score (nSPS) is 24.0. The van der Waals surface area contributed by atoms with Crippen LogP contribution in [0.3, 0.4) is 0 Å². The molecule has 3 amide bonds. The fourth-order valence-corrected chi connectivity index (χ4v) is 3.99. The summed E-state index contributed by atoms with van der Waals surface area (Å²) in [5.74, 6) is 0.617. The SMILES string of the molecule is CCC1(C)NC(=O)N(CCCNC(=NC)NC2CCCN(c3ccccc3)C2)C1=O.I. The summed E-state index contributed by atoms with van der Waals surface area (Å²) in [4.78, 5) is 32.6. The topological polar surface area (TPSA) is 89.1 Å². The first-order valence-electron chi connectivity index (χ1n) is 10.9. The third-order valence-electron chi connectivity index (χ3n) is 6.01. The van der Waals surface area contributed by atoms with Gasteiger partial charge in [0.2, 0.25) is 0 Å². The molecule has 0 saturated carbocycles. The van der Waals surface area contributed by atoms with Gasteiger partial charge in [0.15, 0.2) is 5.96 Å². The van der Waals surface area contributed by atoms with Crippen molar-refractivity contribution in [1.29, 1.82) is 0 Å². The van der Waals surface area contributed by atoms with E-state index in [1.807, 2.05) is 13.0 Å². The van der Waals surface area contributed by atoms with Crippen LogP contribution in [0.1, 0.15) is 39.5 Å². The molecule has 0 bridgehead atoms. The number of anilines is 1. The van der Waals surface area contributed by atoms with E-state index in [-0.39, 0.29) is 35.9 Å². The van der Waals surface area contributed by atoms with Gasteiger partial charge in [-0.2, -0.15) is 0 Å². The van der Waals surface area contributed by atoms with Gasteiger partial charge in [-0.05, 0) is 44.7 Å². The second kappa shape index (κ2) is 11.5. The lowest BCUT2D eigenvalue weighted by Crippen LogP contribution is -2.51. The van der Waals surface area contributed by atoms with Crippen LogP contribution in [-0.2, 0) is 4.79 Å². The lowest BCUT2D eigenvalue weighted by molar-refractivity contribution is -0.130. The number of nitrogens with zero attached hydrogens (tertiary/aromatic N) is 3. The molecule has 2 fully saturated rings. The molecule has 8 nitrogen and oxygen atoms in total. The molecule has 0 radical (unpaired) electrons. The number of imide groups is 1. The number of rotatable bonds is 7. The predicted octanol–water partition coefficient (Wildman–Crippen LogP) is 2.55. The van der Waals surface area contributed by atoms with E-state index in [2.05, 4.69) is 50.1 Å². The summed E-state index contributed by atoms with van der Waals surface area (Å²) >= 11 is 0. The summed E-state index contributed by atoms with van der Waals surface area (Å²) < 4.78 is 0. The standard InChI is InChI=1S/C22H34N6O2.HI/c1-4-22(2)19(29)28(21(30)26-22)15-9-13-24-20(23-3)25-17-10-8-14-27(16-17)18-11-6-5-7-12-18;/h5-7,11-12,17H,4,8-10,13-16H2,1-3H3,(H,26,30)(H2,23,24,25);1H. The Morgan fingerprint density at radius 1 is 1.29 bits per heavy atom. The van der Waals surface area contributed by atoms with Crippen molar-refractivity contribution >= 4 is 47.6 Å². The number of halogens is 1. The highest BCUT2D eigenvalue weighted by Gasteiger charge is 2.45. The summed E-state index contributed by atoms with van der Waals surface area (Å²) in [7, 11) is 1.76. The van der Waals surface area contributed by atoms with E-state index in [1.54, 1.807) is 14.0 Å². The van der Waals surface area contributed by atoms with Crippen LogP contribution < -0.4 is 20.9 Å². The van der Waals surface area contributed by atoms with Crippen molar-refractivity contribution in [2.45, 2.75) is 51.1 Å². The number of hydrogen-bond donors (Lipinski definition) is 3. The zero-order valence-electron chi connectivity index (χ0n) is 18.7. The van der Waals surface area contributed by atoms with Crippen molar-refractivity contribution in [2.24, 2.45) is 4.99 Å². The molecule has 0 aromatic heterocycles. The van der Waals surface area contributed by atoms with Crippen molar-refractivity contribution in [3.63, 3.8) is 0 Å². The Morgan fingerprint density at radius 2 is 2.03 bits per heavy atom. The van der Waals surface area contributed by atoms with Crippen LogP contribution in [0.5, 0.6) is 0 Å². The largest absolute Gasteiger partial charge is 0.369 e. The lowest BCUT2D eigenvalue weighted by Gasteiger charge is -2.35. The van der Waals surface area contributed by atoms with Crippen molar-refractivity contribution in [3.8, 4) is 0 Å². The number of piperidine rings is 1. The third-order valence-corrected chi connectivity index (χ3v) is 6.01. The smallest absolute Gasteiger partial charge is 0.325 e. The summed E-state index contributed by atoms with van der Waals surface area (Å²) in [5, 5.41) is 9.61. The highest BCUT2D eigenvalue weighted by Crippen LogP contribution is 2.21. The van der Waals surface area contributed by atoms with Gasteiger partial charge >= 0.3 is 6.03 Å². The molecule has 2 heterocycles. The summed E-state index contributed by atoms with van der Waals surface area (Å²) in [6.07, 6.45) is 3.48. The summed E-state index contributed by atoms with van der Waals surface area (Å²) in [5.41, 5.74) is 0.479. The van der Waals surface area contributed by atoms with Crippen LogP contribution in [-0.4, -0.2) is 67.6 Å². The van der Waals surface area contributed by atoms with E-state index in [4.69, 9.17) is 0 Å². The number of guanidine groups is 1. The molecule has 2 aliphatic heterocycles. The zero-order chi connectivity index (χ0) is 21.6. The molecule has 2 aliphatic rings. The Balaban J connectivity index is 0.00000341. The van der Waals surface area contributed by atoms with E-state index in [0.717, 1.165) is 31.9 Å². The molecule has 3 N–H and O–H groups in total. The van der Waals surface area contributed by atoms with E-state index in [9.17, 15) is 9.59 Å². The lowest BCUT2D eigenvalue weighted by atomic mass is 9.99. The Labute approximate surface area is 202 Å². The van der Waals surface area contributed by atoms with Crippen LogP contribution in [0.15, 0.2) is 35.3 Å². The van der Waals surface area contributed by atoms with E-state index >= 15 is 0 Å².